The lowest BCUT2D eigenvalue weighted by Crippen LogP contribution is -2.32. The number of allylic oxidation sites excluding steroid dienone is 1. The number of carbonyl (C=O) groups is 2. The minimum Gasteiger partial charge on any atom is -0.465 e. The Bertz CT molecular complexity index is 1300. The molecule has 1 fully saturated rings. The van der Waals surface area contributed by atoms with Gasteiger partial charge in [0, 0.05) is 11.4 Å². The van der Waals surface area contributed by atoms with Crippen LogP contribution in [0.15, 0.2) is 71.0 Å². The molecule has 1 atom stereocenters. The van der Waals surface area contributed by atoms with Gasteiger partial charge in [-0.1, -0.05) is 60.6 Å². The Hall–Kier alpha value is -3.59. The van der Waals surface area contributed by atoms with Gasteiger partial charge >= 0.3 is 11.9 Å². The zero-order chi connectivity index (χ0) is 25.8. The Balaban J connectivity index is 1.47. The molecule has 8 nitrogen and oxygen atoms in total. The van der Waals surface area contributed by atoms with Crippen LogP contribution in [0.25, 0.3) is 0 Å². The number of aromatic nitrogens is 3. The molecule has 2 heterocycles. The molecule has 1 aliphatic heterocycles. The lowest BCUT2D eigenvalue weighted by atomic mass is 9.94. The van der Waals surface area contributed by atoms with Crippen molar-refractivity contribution in [2.75, 3.05) is 12.4 Å². The zero-order valence-corrected chi connectivity index (χ0v) is 21.8. The normalized spacial score (nSPS) is 17.6. The standard InChI is InChI=1S/C28H30N4O4S/c1-18-23(26(34)36-22-11-7-4-8-12-22)24(20-13-15-21(16-14-20)25(33)35-2)32-27(29-18)30-28(31-32)37-17-19-9-5-3-6-10-19/h3,5-6,9-10,13-16,22,24H,4,7-8,11-12,17H2,1-2H3,(H,29,30,31). The molecule has 1 saturated carbocycles. The number of thioether (sulfide) groups is 1. The number of ether oxygens (including phenoxy) is 2. The van der Waals surface area contributed by atoms with Crippen molar-refractivity contribution >= 4 is 29.6 Å². The summed E-state index contributed by atoms with van der Waals surface area (Å²) in [7, 11) is 1.35. The van der Waals surface area contributed by atoms with Gasteiger partial charge in [0.1, 0.15) is 12.1 Å². The fourth-order valence-corrected chi connectivity index (χ4v) is 5.59. The largest absolute Gasteiger partial charge is 0.465 e. The van der Waals surface area contributed by atoms with Crippen molar-refractivity contribution in [3.05, 3.63) is 82.6 Å². The van der Waals surface area contributed by atoms with Crippen molar-refractivity contribution in [1.29, 1.82) is 0 Å². The van der Waals surface area contributed by atoms with Gasteiger partial charge in [-0.15, -0.1) is 5.10 Å². The lowest BCUT2D eigenvalue weighted by Gasteiger charge is -2.30. The molecule has 0 radical (unpaired) electrons. The smallest absolute Gasteiger partial charge is 0.338 e. The molecule has 37 heavy (non-hydrogen) atoms. The number of hydrogen-bond acceptors (Lipinski definition) is 8. The number of anilines is 1. The fraction of sp³-hybridized carbons (Fsp3) is 0.357. The second-order valence-corrected chi connectivity index (χ2v) is 10.2. The third kappa shape index (κ3) is 5.56. The number of benzene rings is 2. The molecule has 0 spiro atoms. The number of esters is 2. The molecule has 1 N–H and O–H groups in total. The Morgan fingerprint density at radius 2 is 1.76 bits per heavy atom. The summed E-state index contributed by atoms with van der Waals surface area (Å²) in [6.07, 6.45) is 5.03. The number of nitrogens with one attached hydrogen (secondary N) is 1. The van der Waals surface area contributed by atoms with Crippen molar-refractivity contribution in [1.82, 2.24) is 14.8 Å². The van der Waals surface area contributed by atoms with Crippen LogP contribution in [0.5, 0.6) is 0 Å². The van der Waals surface area contributed by atoms with Gasteiger partial charge < -0.3 is 14.8 Å². The second-order valence-electron chi connectivity index (χ2n) is 9.28. The van der Waals surface area contributed by atoms with Crippen LogP contribution in [-0.4, -0.2) is 39.9 Å². The number of fused-ring (bicyclic) bond motifs is 1. The molecule has 1 aromatic heterocycles. The molecule has 0 amide bonds. The summed E-state index contributed by atoms with van der Waals surface area (Å²) in [6, 6.07) is 16.6. The van der Waals surface area contributed by atoms with Crippen LogP contribution in [0.4, 0.5) is 5.95 Å². The number of hydrogen-bond donors (Lipinski definition) is 1. The van der Waals surface area contributed by atoms with Crippen LogP contribution in [0.3, 0.4) is 0 Å². The molecule has 2 aromatic carbocycles. The number of nitrogens with zero attached hydrogens (tertiary/aromatic N) is 3. The van der Waals surface area contributed by atoms with E-state index in [9.17, 15) is 9.59 Å². The Morgan fingerprint density at radius 1 is 1.03 bits per heavy atom. The first-order chi connectivity index (χ1) is 18.0. The average Bonchev–Trinajstić information content (AvgIpc) is 3.34. The topological polar surface area (TPSA) is 95.3 Å². The molecule has 5 rings (SSSR count). The van der Waals surface area contributed by atoms with E-state index >= 15 is 0 Å². The van der Waals surface area contributed by atoms with Crippen LogP contribution < -0.4 is 5.32 Å². The first-order valence-electron chi connectivity index (χ1n) is 12.5. The van der Waals surface area contributed by atoms with E-state index in [1.54, 1.807) is 16.8 Å². The van der Waals surface area contributed by atoms with E-state index in [4.69, 9.17) is 19.6 Å². The molecule has 1 aliphatic carbocycles. The van der Waals surface area contributed by atoms with E-state index in [1.807, 2.05) is 37.3 Å². The lowest BCUT2D eigenvalue weighted by molar-refractivity contribution is -0.146. The Morgan fingerprint density at radius 3 is 2.46 bits per heavy atom. The molecule has 1 unspecified atom stereocenters. The van der Waals surface area contributed by atoms with Gasteiger partial charge in [-0.2, -0.15) is 4.98 Å². The maximum absolute atomic E-state index is 13.5. The number of rotatable bonds is 7. The first-order valence-corrected chi connectivity index (χ1v) is 13.5. The maximum Gasteiger partial charge on any atom is 0.338 e. The molecular formula is C28H30N4O4S. The zero-order valence-electron chi connectivity index (χ0n) is 21.0. The first kappa shape index (κ1) is 25.1. The minimum absolute atomic E-state index is 0.0713. The number of methoxy groups -OCH3 is 1. The molecule has 3 aromatic rings. The van der Waals surface area contributed by atoms with E-state index in [0.29, 0.717) is 27.9 Å². The molecule has 0 saturated heterocycles. The third-order valence-electron chi connectivity index (χ3n) is 6.74. The molecule has 9 heteroatoms. The summed E-state index contributed by atoms with van der Waals surface area (Å²) in [5.74, 6) is 0.524. The van der Waals surface area contributed by atoms with Crippen molar-refractivity contribution in [3.8, 4) is 0 Å². The summed E-state index contributed by atoms with van der Waals surface area (Å²) in [5.41, 5.74) is 3.59. The summed E-state index contributed by atoms with van der Waals surface area (Å²) in [5, 5.41) is 8.66. The highest BCUT2D eigenvalue weighted by Crippen LogP contribution is 2.38. The van der Waals surface area contributed by atoms with Gasteiger partial charge in [-0.25, -0.2) is 14.3 Å². The van der Waals surface area contributed by atoms with Crippen LogP contribution in [0.1, 0.15) is 66.6 Å². The van der Waals surface area contributed by atoms with Gasteiger partial charge in [0.15, 0.2) is 0 Å². The van der Waals surface area contributed by atoms with E-state index in [0.717, 1.165) is 37.0 Å². The van der Waals surface area contributed by atoms with E-state index in [1.165, 1.54) is 30.9 Å². The predicted molar refractivity (Wildman–Crippen MR) is 141 cm³/mol. The molecule has 192 valence electrons. The summed E-state index contributed by atoms with van der Waals surface area (Å²) >= 11 is 1.53. The highest BCUT2D eigenvalue weighted by Gasteiger charge is 2.36. The SMILES string of the molecule is COC(=O)c1ccc(C2C(C(=O)OC3CCCCC3)=C(C)Nc3nc(SCc4ccccc4)nn32)cc1. The maximum atomic E-state index is 13.5. The van der Waals surface area contributed by atoms with Crippen LogP contribution in [0.2, 0.25) is 0 Å². The number of carbonyl (C=O) groups excluding carboxylic acids is 2. The van der Waals surface area contributed by atoms with Crippen molar-refractivity contribution in [2.45, 2.75) is 62.1 Å². The van der Waals surface area contributed by atoms with Crippen molar-refractivity contribution in [3.63, 3.8) is 0 Å². The highest BCUT2D eigenvalue weighted by atomic mass is 32.2. The summed E-state index contributed by atoms with van der Waals surface area (Å²) in [4.78, 5) is 30.2. The highest BCUT2D eigenvalue weighted by molar-refractivity contribution is 7.98. The van der Waals surface area contributed by atoms with E-state index < -0.39 is 12.0 Å². The summed E-state index contributed by atoms with van der Waals surface area (Å²) < 4.78 is 12.6. The van der Waals surface area contributed by atoms with Crippen LogP contribution in [-0.2, 0) is 20.0 Å². The third-order valence-corrected chi connectivity index (χ3v) is 7.65. The van der Waals surface area contributed by atoms with E-state index in [2.05, 4.69) is 17.4 Å². The van der Waals surface area contributed by atoms with Gasteiger partial charge in [0.05, 0.1) is 18.2 Å². The monoisotopic (exact) mass is 518 g/mol. The Kier molecular flexibility index (Phi) is 7.60. The molecule has 0 bridgehead atoms. The Labute approximate surface area is 220 Å². The fourth-order valence-electron chi connectivity index (χ4n) is 4.80. The quantitative estimate of drug-likeness (QED) is 0.323. The van der Waals surface area contributed by atoms with Crippen molar-refractivity contribution < 1.29 is 19.1 Å². The summed E-state index contributed by atoms with van der Waals surface area (Å²) in [6.45, 7) is 1.86. The molecule has 2 aliphatic rings. The molecular weight excluding hydrogens is 488 g/mol. The van der Waals surface area contributed by atoms with Gasteiger partial charge in [-0.3, -0.25) is 0 Å². The van der Waals surface area contributed by atoms with Gasteiger partial charge in [0.2, 0.25) is 11.1 Å². The minimum atomic E-state index is -0.544. The average molecular weight is 519 g/mol. The second kappa shape index (κ2) is 11.2. The van der Waals surface area contributed by atoms with Gasteiger partial charge in [0.25, 0.3) is 0 Å². The van der Waals surface area contributed by atoms with Gasteiger partial charge in [-0.05, 0) is 55.9 Å². The van der Waals surface area contributed by atoms with Crippen LogP contribution in [0, 0.1) is 0 Å². The van der Waals surface area contributed by atoms with E-state index in [-0.39, 0.29) is 12.1 Å². The predicted octanol–water partition coefficient (Wildman–Crippen LogP) is 5.52. The van der Waals surface area contributed by atoms with Crippen LogP contribution >= 0.6 is 11.8 Å². The van der Waals surface area contributed by atoms with Crippen molar-refractivity contribution in [2.24, 2.45) is 0 Å².